The molecule has 1 aliphatic heterocycles. The first-order valence-corrected chi connectivity index (χ1v) is 9.89. The lowest BCUT2D eigenvalue weighted by Gasteiger charge is -2.26. The van der Waals surface area contributed by atoms with Crippen LogP contribution in [0.4, 0.5) is 4.39 Å². The zero-order chi connectivity index (χ0) is 20.0. The first-order chi connectivity index (χ1) is 14.1. The van der Waals surface area contributed by atoms with E-state index in [0.717, 1.165) is 15.7 Å². The van der Waals surface area contributed by atoms with Crippen molar-refractivity contribution in [3.8, 4) is 0 Å². The fraction of sp³-hybridized carbons (Fsp3) is 0.143. The molecule has 2 aromatic carbocycles. The molecule has 1 aliphatic rings. The number of rotatable bonds is 4. The van der Waals surface area contributed by atoms with Crippen LogP contribution in [0.15, 0.2) is 59.2 Å². The van der Waals surface area contributed by atoms with Gasteiger partial charge in [0.25, 0.3) is 5.91 Å². The van der Waals surface area contributed by atoms with E-state index in [1.54, 1.807) is 17.2 Å². The Hall–Kier alpha value is -3.13. The minimum absolute atomic E-state index is 0.0710. The molecular weight excluding hydrogens is 437 g/mol. The van der Waals surface area contributed by atoms with Crippen LogP contribution < -0.4 is 0 Å². The largest absolute Gasteiger partial charge is 0.327 e. The summed E-state index contributed by atoms with van der Waals surface area (Å²) in [5, 5.41) is 10.1. The standard InChI is InChI=1S/C21H15BrFN5O/c22-15-6-3-7-24-17(15)10-19-13-4-1-2-5-14(13)21(29)28(19)11-12-8-16(23)20-18(9-12)25-27-26-20/h1-9,19H,10-11H2,(H,25,26,27). The molecule has 1 atom stereocenters. The fourth-order valence-corrected chi connectivity index (χ4v) is 4.27. The predicted octanol–water partition coefficient (Wildman–Crippen LogP) is 4.19. The first kappa shape index (κ1) is 17.9. The second-order valence-electron chi connectivity index (χ2n) is 6.96. The van der Waals surface area contributed by atoms with E-state index in [1.807, 2.05) is 36.4 Å². The van der Waals surface area contributed by atoms with Gasteiger partial charge in [0.2, 0.25) is 0 Å². The van der Waals surface area contributed by atoms with Gasteiger partial charge in [0.1, 0.15) is 11.0 Å². The number of amides is 1. The summed E-state index contributed by atoms with van der Waals surface area (Å²) < 4.78 is 15.3. The molecule has 4 aromatic rings. The van der Waals surface area contributed by atoms with E-state index in [-0.39, 0.29) is 24.0 Å². The number of carbonyl (C=O) groups excluding carboxylic acids is 1. The van der Waals surface area contributed by atoms with Crippen LogP contribution in [0.3, 0.4) is 0 Å². The van der Waals surface area contributed by atoms with Crippen molar-refractivity contribution in [2.75, 3.05) is 0 Å². The molecular formula is C21H15BrFN5O. The Morgan fingerprint density at radius 1 is 1.17 bits per heavy atom. The summed E-state index contributed by atoms with van der Waals surface area (Å²) >= 11 is 3.54. The second kappa shape index (κ2) is 7.04. The van der Waals surface area contributed by atoms with Gasteiger partial charge in [0.05, 0.1) is 11.7 Å². The Kier molecular flexibility index (Phi) is 4.35. The van der Waals surface area contributed by atoms with E-state index in [4.69, 9.17) is 0 Å². The van der Waals surface area contributed by atoms with Gasteiger partial charge in [-0.1, -0.05) is 23.4 Å². The number of hydrogen-bond acceptors (Lipinski definition) is 4. The van der Waals surface area contributed by atoms with E-state index in [1.165, 1.54) is 6.07 Å². The van der Waals surface area contributed by atoms with Crippen molar-refractivity contribution in [3.05, 3.63) is 87.4 Å². The molecule has 29 heavy (non-hydrogen) atoms. The van der Waals surface area contributed by atoms with E-state index in [0.29, 0.717) is 23.1 Å². The van der Waals surface area contributed by atoms with Gasteiger partial charge in [0.15, 0.2) is 5.82 Å². The van der Waals surface area contributed by atoms with Gasteiger partial charge in [-0.15, -0.1) is 5.10 Å². The van der Waals surface area contributed by atoms with E-state index in [2.05, 4.69) is 36.3 Å². The molecule has 0 spiro atoms. The number of benzene rings is 2. The average Bonchev–Trinajstić information content (AvgIpc) is 3.29. The summed E-state index contributed by atoms with van der Waals surface area (Å²) in [5.74, 6) is -0.506. The monoisotopic (exact) mass is 451 g/mol. The highest BCUT2D eigenvalue weighted by Crippen LogP contribution is 2.38. The first-order valence-electron chi connectivity index (χ1n) is 9.10. The highest BCUT2D eigenvalue weighted by Gasteiger charge is 2.37. The maximum Gasteiger partial charge on any atom is 0.255 e. The number of H-pyrrole nitrogens is 1. The van der Waals surface area contributed by atoms with Crippen molar-refractivity contribution in [2.45, 2.75) is 19.0 Å². The zero-order valence-corrected chi connectivity index (χ0v) is 16.7. The molecule has 5 rings (SSSR count). The van der Waals surface area contributed by atoms with Gasteiger partial charge >= 0.3 is 0 Å². The Morgan fingerprint density at radius 2 is 2.03 bits per heavy atom. The number of halogens is 2. The molecule has 0 saturated carbocycles. The Labute approximate surface area is 173 Å². The molecule has 1 amide bonds. The third kappa shape index (κ3) is 3.09. The fourth-order valence-electron chi connectivity index (χ4n) is 3.85. The van der Waals surface area contributed by atoms with Crippen LogP contribution in [0.5, 0.6) is 0 Å². The van der Waals surface area contributed by atoms with Crippen molar-refractivity contribution < 1.29 is 9.18 Å². The van der Waals surface area contributed by atoms with Gasteiger partial charge in [0, 0.05) is 29.2 Å². The topological polar surface area (TPSA) is 74.8 Å². The Bertz CT molecular complexity index is 1240. The van der Waals surface area contributed by atoms with E-state index >= 15 is 0 Å². The minimum Gasteiger partial charge on any atom is -0.327 e. The number of nitrogens with one attached hydrogen (secondary N) is 1. The number of fused-ring (bicyclic) bond motifs is 2. The summed E-state index contributed by atoms with van der Waals surface area (Å²) in [6, 6.07) is 14.4. The maximum atomic E-state index is 14.4. The smallest absolute Gasteiger partial charge is 0.255 e. The molecule has 144 valence electrons. The number of pyridine rings is 1. The van der Waals surface area contributed by atoms with Crippen molar-refractivity contribution >= 4 is 32.9 Å². The van der Waals surface area contributed by atoms with Crippen molar-refractivity contribution in [2.24, 2.45) is 0 Å². The summed E-state index contributed by atoms with van der Waals surface area (Å²) in [7, 11) is 0. The number of carbonyl (C=O) groups is 1. The molecule has 3 heterocycles. The predicted molar refractivity (Wildman–Crippen MR) is 109 cm³/mol. The maximum absolute atomic E-state index is 14.4. The summed E-state index contributed by atoms with van der Waals surface area (Å²) in [5.41, 5.74) is 3.86. The van der Waals surface area contributed by atoms with Gasteiger partial charge < -0.3 is 4.90 Å². The number of aromatic nitrogens is 4. The molecule has 1 N–H and O–H groups in total. The third-order valence-corrected chi connectivity index (χ3v) is 5.93. The lowest BCUT2D eigenvalue weighted by Crippen LogP contribution is -2.29. The van der Waals surface area contributed by atoms with Crippen LogP contribution >= 0.6 is 15.9 Å². The molecule has 8 heteroatoms. The summed E-state index contributed by atoms with van der Waals surface area (Å²) in [6.45, 7) is 0.266. The summed E-state index contributed by atoms with van der Waals surface area (Å²) in [4.78, 5) is 19.4. The summed E-state index contributed by atoms with van der Waals surface area (Å²) in [6.07, 6.45) is 2.29. The van der Waals surface area contributed by atoms with Crippen LogP contribution in [0.2, 0.25) is 0 Å². The zero-order valence-electron chi connectivity index (χ0n) is 15.1. The minimum atomic E-state index is -0.435. The Balaban J connectivity index is 1.54. The molecule has 0 saturated heterocycles. The number of aromatic amines is 1. The highest BCUT2D eigenvalue weighted by atomic mass is 79.9. The number of hydrogen-bond donors (Lipinski definition) is 1. The molecule has 0 fully saturated rings. The lowest BCUT2D eigenvalue weighted by atomic mass is 10.0. The van der Waals surface area contributed by atoms with Crippen LogP contribution in [0.1, 0.15) is 33.2 Å². The van der Waals surface area contributed by atoms with Crippen LogP contribution in [0, 0.1) is 5.82 Å². The molecule has 6 nitrogen and oxygen atoms in total. The van der Waals surface area contributed by atoms with Crippen molar-refractivity contribution in [1.29, 1.82) is 0 Å². The van der Waals surface area contributed by atoms with Crippen molar-refractivity contribution in [1.82, 2.24) is 25.3 Å². The molecule has 1 unspecified atom stereocenters. The SMILES string of the molecule is O=C1c2ccccc2C(Cc2ncccc2Br)N1Cc1cc(F)c2[nH]nnc2c1. The van der Waals surface area contributed by atoms with Crippen molar-refractivity contribution in [3.63, 3.8) is 0 Å². The Morgan fingerprint density at radius 3 is 2.90 bits per heavy atom. The van der Waals surface area contributed by atoms with Gasteiger partial charge in [-0.3, -0.25) is 14.9 Å². The second-order valence-corrected chi connectivity index (χ2v) is 7.81. The van der Waals surface area contributed by atoms with Crippen LogP contribution in [-0.4, -0.2) is 31.2 Å². The van der Waals surface area contributed by atoms with Crippen LogP contribution in [-0.2, 0) is 13.0 Å². The lowest BCUT2D eigenvalue weighted by molar-refractivity contribution is 0.0708. The highest BCUT2D eigenvalue weighted by molar-refractivity contribution is 9.10. The van der Waals surface area contributed by atoms with E-state index in [9.17, 15) is 9.18 Å². The van der Waals surface area contributed by atoms with Crippen LogP contribution in [0.25, 0.3) is 11.0 Å². The molecule has 0 bridgehead atoms. The van der Waals surface area contributed by atoms with Gasteiger partial charge in [-0.05, 0) is 57.4 Å². The molecule has 0 aliphatic carbocycles. The third-order valence-electron chi connectivity index (χ3n) is 5.21. The van der Waals surface area contributed by atoms with Gasteiger partial charge in [-0.2, -0.15) is 0 Å². The number of nitrogens with zero attached hydrogens (tertiary/aromatic N) is 4. The average molecular weight is 452 g/mol. The molecule has 0 radical (unpaired) electrons. The normalized spacial score (nSPS) is 15.9. The van der Waals surface area contributed by atoms with E-state index < -0.39 is 5.82 Å². The quantitative estimate of drug-likeness (QED) is 0.504. The molecule has 2 aromatic heterocycles. The van der Waals surface area contributed by atoms with Gasteiger partial charge in [-0.25, -0.2) is 4.39 Å².